The Labute approximate surface area is 193 Å². The number of ether oxygens (including phenoxy) is 1. The maximum atomic E-state index is 13.2. The number of carbonyl (C=O) groups excluding carboxylic acids is 3. The lowest BCUT2D eigenvalue weighted by Gasteiger charge is -2.37. The highest BCUT2D eigenvalue weighted by atomic mass is 19.4. The highest BCUT2D eigenvalue weighted by Crippen LogP contribution is 2.65. The number of halogens is 3. The fraction of sp³-hybridized carbons (Fsp3) is 0.346. The maximum Gasteiger partial charge on any atom is 0.416 e. The van der Waals surface area contributed by atoms with Gasteiger partial charge in [0.25, 0.3) is 0 Å². The summed E-state index contributed by atoms with van der Waals surface area (Å²) < 4.78 is 43.5. The molecular formula is C26H20F3NO4. The van der Waals surface area contributed by atoms with E-state index in [1.165, 1.54) is 4.90 Å². The molecule has 34 heavy (non-hydrogen) atoms. The zero-order valence-electron chi connectivity index (χ0n) is 17.9. The van der Waals surface area contributed by atoms with Crippen molar-refractivity contribution in [3.8, 4) is 5.75 Å². The van der Waals surface area contributed by atoms with Crippen molar-refractivity contribution in [3.63, 3.8) is 0 Å². The summed E-state index contributed by atoms with van der Waals surface area (Å²) in [4.78, 5) is 39.9. The van der Waals surface area contributed by atoms with Gasteiger partial charge in [0.15, 0.2) is 12.4 Å². The van der Waals surface area contributed by atoms with E-state index in [0.29, 0.717) is 23.3 Å². The van der Waals surface area contributed by atoms with Crippen LogP contribution in [0.2, 0.25) is 0 Å². The fourth-order valence-corrected chi connectivity index (χ4v) is 5.98. The molecule has 1 aliphatic heterocycles. The minimum Gasteiger partial charge on any atom is -0.485 e. The molecule has 0 spiro atoms. The Morgan fingerprint density at radius 3 is 1.97 bits per heavy atom. The predicted molar refractivity (Wildman–Crippen MR) is 115 cm³/mol. The lowest BCUT2D eigenvalue weighted by atomic mass is 9.63. The number of Topliss-reactive ketones (excluding diaryl/α,β-unsaturated/α-hetero) is 1. The van der Waals surface area contributed by atoms with Gasteiger partial charge in [-0.05, 0) is 66.5 Å². The van der Waals surface area contributed by atoms with E-state index in [1.54, 1.807) is 24.3 Å². The van der Waals surface area contributed by atoms with E-state index in [4.69, 9.17) is 4.74 Å². The first kappa shape index (κ1) is 21.1. The van der Waals surface area contributed by atoms with Gasteiger partial charge in [0.05, 0.1) is 23.1 Å². The normalized spacial score (nSPS) is 30.9. The number of hydrogen-bond acceptors (Lipinski definition) is 4. The first-order chi connectivity index (χ1) is 16.2. The van der Waals surface area contributed by atoms with Gasteiger partial charge < -0.3 is 4.74 Å². The van der Waals surface area contributed by atoms with Crippen molar-refractivity contribution < 1.29 is 32.3 Å². The van der Waals surface area contributed by atoms with E-state index >= 15 is 0 Å². The average molecular weight is 467 g/mol. The van der Waals surface area contributed by atoms with Crippen LogP contribution < -0.4 is 9.64 Å². The van der Waals surface area contributed by atoms with Crippen LogP contribution in [-0.2, 0) is 15.8 Å². The summed E-state index contributed by atoms with van der Waals surface area (Å²) in [5.41, 5.74) is -0.243. The van der Waals surface area contributed by atoms with Crippen molar-refractivity contribution in [1.29, 1.82) is 0 Å². The van der Waals surface area contributed by atoms with Gasteiger partial charge in [-0.3, -0.25) is 19.3 Å². The third-order valence-corrected chi connectivity index (χ3v) is 7.66. The SMILES string of the molecule is O=C(COc1ccc(N2C(=O)C3C4C=CC(C5CC45)C3C2=O)cc1)c1ccc(C(F)(F)F)cc1. The summed E-state index contributed by atoms with van der Waals surface area (Å²) >= 11 is 0. The Morgan fingerprint density at radius 2 is 1.44 bits per heavy atom. The minimum absolute atomic E-state index is 0.113. The molecule has 1 heterocycles. The van der Waals surface area contributed by atoms with E-state index < -0.39 is 17.5 Å². The molecule has 2 bridgehead atoms. The third-order valence-electron chi connectivity index (χ3n) is 7.66. The molecule has 1 saturated heterocycles. The zero-order valence-corrected chi connectivity index (χ0v) is 17.9. The lowest BCUT2D eigenvalue weighted by molar-refractivity contribution is -0.137. The van der Waals surface area contributed by atoms with Gasteiger partial charge in [0.2, 0.25) is 11.8 Å². The Morgan fingerprint density at radius 1 is 0.882 bits per heavy atom. The summed E-state index contributed by atoms with van der Waals surface area (Å²) in [5.74, 6) is 0.415. The van der Waals surface area contributed by atoms with E-state index in [2.05, 4.69) is 12.2 Å². The smallest absolute Gasteiger partial charge is 0.416 e. The van der Waals surface area contributed by atoms with Gasteiger partial charge in [-0.1, -0.05) is 24.3 Å². The number of benzene rings is 2. The molecule has 5 nitrogen and oxygen atoms in total. The van der Waals surface area contributed by atoms with E-state index in [1.807, 2.05) is 0 Å². The zero-order chi connectivity index (χ0) is 23.8. The van der Waals surface area contributed by atoms with Crippen LogP contribution in [0.3, 0.4) is 0 Å². The molecule has 6 atom stereocenters. The molecule has 5 aliphatic rings. The van der Waals surface area contributed by atoms with Crippen LogP contribution in [-0.4, -0.2) is 24.2 Å². The van der Waals surface area contributed by atoms with Crippen LogP contribution >= 0.6 is 0 Å². The predicted octanol–water partition coefficient (Wildman–Crippen LogP) is 4.52. The van der Waals surface area contributed by atoms with E-state index in [-0.39, 0.29) is 47.7 Å². The molecule has 2 saturated carbocycles. The molecule has 174 valence electrons. The van der Waals surface area contributed by atoms with Gasteiger partial charge in [-0.25, -0.2) is 0 Å². The quantitative estimate of drug-likeness (QED) is 0.369. The summed E-state index contributed by atoms with van der Waals surface area (Å²) in [6, 6.07) is 10.3. The molecule has 2 amide bonds. The summed E-state index contributed by atoms with van der Waals surface area (Å²) in [6.45, 7) is -0.353. The van der Waals surface area contributed by atoms with E-state index in [0.717, 1.165) is 30.7 Å². The van der Waals surface area contributed by atoms with Gasteiger partial charge in [-0.2, -0.15) is 13.2 Å². The Bertz CT molecular complexity index is 1180. The van der Waals surface area contributed by atoms with Gasteiger partial charge in [-0.15, -0.1) is 0 Å². The van der Waals surface area contributed by atoms with Crippen LogP contribution in [0.4, 0.5) is 18.9 Å². The second-order valence-electron chi connectivity index (χ2n) is 9.45. The Balaban J connectivity index is 1.12. The van der Waals surface area contributed by atoms with Crippen molar-refractivity contribution in [1.82, 2.24) is 0 Å². The standard InChI is InChI=1S/C26H20F3NO4/c27-26(28,29)14-3-1-13(2-4-14)21(31)12-34-16-7-5-15(6-8-16)30-24(32)22-17-9-10-18(20-11-19(17)20)23(22)25(30)33/h1-10,17-20,22-23H,11-12H2. The van der Waals surface area contributed by atoms with Crippen molar-refractivity contribution >= 4 is 23.3 Å². The highest BCUT2D eigenvalue weighted by molar-refractivity contribution is 6.22. The molecule has 0 aromatic heterocycles. The number of alkyl halides is 3. The summed E-state index contributed by atoms with van der Waals surface area (Å²) in [5, 5.41) is 0. The second kappa shape index (κ2) is 7.29. The summed E-state index contributed by atoms with van der Waals surface area (Å²) in [6.07, 6.45) is 0.887. The van der Waals surface area contributed by atoms with E-state index in [9.17, 15) is 27.6 Å². The fourth-order valence-electron chi connectivity index (χ4n) is 5.98. The number of hydrogen-bond donors (Lipinski definition) is 0. The largest absolute Gasteiger partial charge is 0.485 e. The number of ketones is 1. The second-order valence-corrected chi connectivity index (χ2v) is 9.45. The first-order valence-corrected chi connectivity index (χ1v) is 11.2. The van der Waals surface area contributed by atoms with Gasteiger partial charge in [0.1, 0.15) is 5.75 Å². The number of anilines is 1. The number of nitrogens with zero attached hydrogens (tertiary/aromatic N) is 1. The van der Waals surface area contributed by atoms with Crippen molar-refractivity contribution in [2.45, 2.75) is 12.6 Å². The number of allylic oxidation sites excluding steroid dienone is 2. The van der Waals surface area contributed by atoms with Gasteiger partial charge >= 0.3 is 6.18 Å². The summed E-state index contributed by atoms with van der Waals surface area (Å²) in [7, 11) is 0. The first-order valence-electron chi connectivity index (χ1n) is 11.2. The molecule has 0 radical (unpaired) electrons. The topological polar surface area (TPSA) is 63.7 Å². The molecule has 0 N–H and O–H groups in total. The van der Waals surface area contributed by atoms with Gasteiger partial charge in [0, 0.05) is 5.56 Å². The molecule has 8 heteroatoms. The molecule has 2 aromatic carbocycles. The lowest BCUT2D eigenvalue weighted by Crippen LogP contribution is -2.40. The molecule has 7 rings (SSSR count). The molecular weight excluding hydrogens is 447 g/mol. The van der Waals surface area contributed by atoms with Crippen molar-refractivity contribution in [3.05, 3.63) is 71.8 Å². The van der Waals surface area contributed by atoms with Crippen LogP contribution in [0.15, 0.2) is 60.7 Å². The minimum atomic E-state index is -4.47. The van der Waals surface area contributed by atoms with Crippen LogP contribution in [0.1, 0.15) is 22.3 Å². The average Bonchev–Trinajstić information content (AvgIpc) is 3.61. The van der Waals surface area contributed by atoms with Crippen LogP contribution in [0.25, 0.3) is 0 Å². The third kappa shape index (κ3) is 3.19. The Kier molecular flexibility index (Phi) is 4.53. The van der Waals surface area contributed by atoms with Crippen molar-refractivity contribution in [2.75, 3.05) is 11.5 Å². The number of amides is 2. The maximum absolute atomic E-state index is 13.2. The number of carbonyl (C=O) groups is 3. The molecule has 2 aromatic rings. The number of rotatable bonds is 5. The molecule has 4 aliphatic carbocycles. The molecule has 3 fully saturated rings. The van der Waals surface area contributed by atoms with Crippen LogP contribution in [0, 0.1) is 35.5 Å². The number of imide groups is 1. The van der Waals surface area contributed by atoms with Crippen LogP contribution in [0.5, 0.6) is 5.75 Å². The molecule has 6 unspecified atom stereocenters. The highest BCUT2D eigenvalue weighted by Gasteiger charge is 2.67. The monoisotopic (exact) mass is 467 g/mol. The van der Waals surface area contributed by atoms with Crippen molar-refractivity contribution in [2.24, 2.45) is 35.5 Å². The Hall–Kier alpha value is -3.42.